The maximum atomic E-state index is 11.7. The second-order valence-electron chi connectivity index (χ2n) is 7.80. The molecule has 1 fully saturated rings. The number of hydrogen-bond acceptors (Lipinski definition) is 5. The highest BCUT2D eigenvalue weighted by molar-refractivity contribution is 5.93. The van der Waals surface area contributed by atoms with Crippen LogP contribution in [0, 0.1) is 0 Å². The first-order valence-electron chi connectivity index (χ1n) is 11.3. The van der Waals surface area contributed by atoms with Gasteiger partial charge in [-0.15, -0.1) is 0 Å². The van der Waals surface area contributed by atoms with Crippen LogP contribution < -0.4 is 0 Å². The molecule has 0 saturated carbocycles. The zero-order valence-electron chi connectivity index (χ0n) is 17.8. The molecule has 162 valence electrons. The summed E-state index contributed by atoms with van der Waals surface area (Å²) in [7, 11) is 0. The van der Waals surface area contributed by atoms with E-state index in [1.807, 2.05) is 0 Å². The van der Waals surface area contributed by atoms with Crippen LogP contribution in [0.2, 0.25) is 0 Å². The molecule has 1 aliphatic heterocycles. The van der Waals surface area contributed by atoms with E-state index in [1.165, 1.54) is 70.6 Å². The van der Waals surface area contributed by atoms with Crippen molar-refractivity contribution in [3.8, 4) is 0 Å². The van der Waals surface area contributed by atoms with E-state index in [1.54, 1.807) is 0 Å². The van der Waals surface area contributed by atoms with Gasteiger partial charge in [0.25, 0.3) is 0 Å². The summed E-state index contributed by atoms with van der Waals surface area (Å²) in [4.78, 5) is 23.3. The molecule has 1 heterocycles. The molecule has 0 N–H and O–H groups in total. The van der Waals surface area contributed by atoms with Crippen molar-refractivity contribution in [1.82, 2.24) is 0 Å². The Bertz CT molecular complexity index is 442. The zero-order chi connectivity index (χ0) is 20.5. The van der Waals surface area contributed by atoms with Crippen LogP contribution in [0.4, 0.5) is 0 Å². The van der Waals surface area contributed by atoms with Gasteiger partial charge in [-0.2, -0.15) is 0 Å². The van der Waals surface area contributed by atoms with E-state index in [4.69, 9.17) is 14.2 Å². The van der Waals surface area contributed by atoms with E-state index in [-0.39, 0.29) is 24.7 Å². The summed E-state index contributed by atoms with van der Waals surface area (Å²) in [6.45, 7) is 7.12. The Morgan fingerprint density at radius 2 is 1.36 bits per heavy atom. The minimum absolute atomic E-state index is 0.0132. The minimum atomic E-state index is -0.548. The van der Waals surface area contributed by atoms with Gasteiger partial charge in [0, 0.05) is 5.57 Å². The Morgan fingerprint density at radius 1 is 0.857 bits per heavy atom. The zero-order valence-corrected chi connectivity index (χ0v) is 17.8. The SMILES string of the molecule is C=C(CC(=O)OCCCCCCCCCCCCCCC)C(=O)OCC1CO1. The molecule has 1 atom stereocenters. The van der Waals surface area contributed by atoms with Gasteiger partial charge < -0.3 is 14.2 Å². The molecule has 0 aliphatic carbocycles. The van der Waals surface area contributed by atoms with Crippen molar-refractivity contribution in [2.45, 2.75) is 103 Å². The van der Waals surface area contributed by atoms with Crippen LogP contribution in [0.15, 0.2) is 12.2 Å². The van der Waals surface area contributed by atoms with E-state index in [9.17, 15) is 9.59 Å². The maximum Gasteiger partial charge on any atom is 0.334 e. The first kappa shape index (κ1) is 24.7. The number of epoxide rings is 1. The fraction of sp³-hybridized carbons (Fsp3) is 0.826. The number of hydrogen-bond donors (Lipinski definition) is 0. The third-order valence-corrected chi connectivity index (χ3v) is 4.96. The Kier molecular flexibility index (Phi) is 14.6. The highest BCUT2D eigenvalue weighted by atomic mass is 16.6. The molecular formula is C23H40O5. The summed E-state index contributed by atoms with van der Waals surface area (Å²) in [5.74, 6) is -0.961. The Balaban J connectivity index is 1.81. The molecule has 1 saturated heterocycles. The van der Waals surface area contributed by atoms with Gasteiger partial charge in [0.05, 0.1) is 19.6 Å². The molecule has 0 amide bonds. The van der Waals surface area contributed by atoms with Gasteiger partial charge >= 0.3 is 11.9 Å². The van der Waals surface area contributed by atoms with E-state index in [0.29, 0.717) is 13.2 Å². The number of rotatable bonds is 19. The van der Waals surface area contributed by atoms with Crippen molar-refractivity contribution in [3.63, 3.8) is 0 Å². The molecule has 5 nitrogen and oxygen atoms in total. The molecule has 1 unspecified atom stereocenters. The van der Waals surface area contributed by atoms with E-state index < -0.39 is 11.9 Å². The maximum absolute atomic E-state index is 11.7. The monoisotopic (exact) mass is 396 g/mol. The third kappa shape index (κ3) is 14.7. The molecular weight excluding hydrogens is 356 g/mol. The van der Waals surface area contributed by atoms with Crippen LogP contribution in [0.25, 0.3) is 0 Å². The summed E-state index contributed by atoms with van der Waals surface area (Å²) < 4.78 is 15.1. The smallest absolute Gasteiger partial charge is 0.334 e. The first-order chi connectivity index (χ1) is 13.6. The van der Waals surface area contributed by atoms with Crippen molar-refractivity contribution in [2.24, 2.45) is 0 Å². The van der Waals surface area contributed by atoms with Gasteiger partial charge in [0.15, 0.2) is 0 Å². The molecule has 0 bridgehead atoms. The third-order valence-electron chi connectivity index (χ3n) is 4.96. The normalized spacial score (nSPS) is 15.2. The highest BCUT2D eigenvalue weighted by Gasteiger charge is 2.25. The van der Waals surface area contributed by atoms with Crippen molar-refractivity contribution in [1.29, 1.82) is 0 Å². The van der Waals surface area contributed by atoms with Crippen molar-refractivity contribution < 1.29 is 23.8 Å². The number of esters is 2. The minimum Gasteiger partial charge on any atom is -0.465 e. The lowest BCUT2D eigenvalue weighted by molar-refractivity contribution is -0.146. The molecule has 28 heavy (non-hydrogen) atoms. The number of unbranched alkanes of at least 4 members (excludes halogenated alkanes) is 12. The molecule has 0 spiro atoms. The van der Waals surface area contributed by atoms with Gasteiger partial charge in [-0.05, 0) is 6.42 Å². The van der Waals surface area contributed by atoms with Gasteiger partial charge in [-0.3, -0.25) is 4.79 Å². The van der Waals surface area contributed by atoms with Gasteiger partial charge in [-0.1, -0.05) is 90.6 Å². The summed E-state index contributed by atoms with van der Waals surface area (Å²) in [6, 6.07) is 0. The summed E-state index contributed by atoms with van der Waals surface area (Å²) in [6.07, 6.45) is 16.6. The van der Waals surface area contributed by atoms with Crippen LogP contribution in [0.3, 0.4) is 0 Å². The summed E-state index contributed by atoms with van der Waals surface area (Å²) in [5.41, 5.74) is 0.135. The summed E-state index contributed by atoms with van der Waals surface area (Å²) in [5, 5.41) is 0. The summed E-state index contributed by atoms with van der Waals surface area (Å²) >= 11 is 0. The van der Waals surface area contributed by atoms with Gasteiger partial charge in [-0.25, -0.2) is 4.79 Å². The van der Waals surface area contributed by atoms with E-state index >= 15 is 0 Å². The fourth-order valence-electron chi connectivity index (χ4n) is 3.04. The van der Waals surface area contributed by atoms with Crippen LogP contribution in [0.5, 0.6) is 0 Å². The molecule has 5 heteroatoms. The average molecular weight is 397 g/mol. The van der Waals surface area contributed by atoms with Crippen molar-refractivity contribution in [2.75, 3.05) is 19.8 Å². The van der Waals surface area contributed by atoms with Crippen LogP contribution in [-0.2, 0) is 23.8 Å². The van der Waals surface area contributed by atoms with Gasteiger partial charge in [0.1, 0.15) is 12.7 Å². The second kappa shape index (κ2) is 16.6. The molecule has 0 radical (unpaired) electrons. The lowest BCUT2D eigenvalue weighted by atomic mass is 10.0. The lowest BCUT2D eigenvalue weighted by Crippen LogP contribution is -2.15. The number of carbonyl (C=O) groups is 2. The molecule has 0 aromatic rings. The molecule has 1 aliphatic rings. The van der Waals surface area contributed by atoms with E-state index in [2.05, 4.69) is 13.5 Å². The Labute approximate surface area is 171 Å². The van der Waals surface area contributed by atoms with E-state index in [0.717, 1.165) is 12.8 Å². The Morgan fingerprint density at radius 3 is 1.86 bits per heavy atom. The molecule has 0 aromatic carbocycles. The van der Waals surface area contributed by atoms with Crippen LogP contribution >= 0.6 is 0 Å². The predicted octanol–water partition coefficient (Wildman–Crippen LogP) is 5.51. The predicted molar refractivity (Wildman–Crippen MR) is 111 cm³/mol. The number of carbonyl (C=O) groups excluding carboxylic acids is 2. The van der Waals surface area contributed by atoms with Crippen LogP contribution in [-0.4, -0.2) is 37.9 Å². The van der Waals surface area contributed by atoms with Gasteiger partial charge in [0.2, 0.25) is 0 Å². The Hall–Kier alpha value is -1.36. The quantitative estimate of drug-likeness (QED) is 0.125. The number of ether oxygens (including phenoxy) is 3. The average Bonchev–Trinajstić information content (AvgIpc) is 3.50. The molecule has 1 rings (SSSR count). The lowest BCUT2D eigenvalue weighted by Gasteiger charge is -2.07. The fourth-order valence-corrected chi connectivity index (χ4v) is 3.04. The second-order valence-corrected chi connectivity index (χ2v) is 7.80. The molecule has 0 aromatic heterocycles. The first-order valence-corrected chi connectivity index (χ1v) is 11.3. The van der Waals surface area contributed by atoms with Crippen molar-refractivity contribution >= 4 is 11.9 Å². The largest absolute Gasteiger partial charge is 0.465 e. The van der Waals surface area contributed by atoms with Crippen molar-refractivity contribution in [3.05, 3.63) is 12.2 Å². The highest BCUT2D eigenvalue weighted by Crippen LogP contribution is 2.13. The standard InChI is InChI=1S/C23H40O5/c1-3-4-5-6-7-8-9-10-11-12-13-14-15-16-26-22(24)17-20(2)23(25)28-19-21-18-27-21/h21H,2-19H2,1H3. The van der Waals surface area contributed by atoms with Crippen LogP contribution in [0.1, 0.15) is 96.8 Å². The topological polar surface area (TPSA) is 65.1 Å².